The summed E-state index contributed by atoms with van der Waals surface area (Å²) in [7, 11) is 1.51. The molecule has 0 aliphatic rings. The van der Waals surface area contributed by atoms with Gasteiger partial charge in [-0.15, -0.1) is 0 Å². The van der Waals surface area contributed by atoms with Crippen molar-refractivity contribution in [2.24, 2.45) is 0 Å². The van der Waals surface area contributed by atoms with Crippen LogP contribution in [0.3, 0.4) is 0 Å². The van der Waals surface area contributed by atoms with E-state index in [9.17, 15) is 14.4 Å². The van der Waals surface area contributed by atoms with Crippen molar-refractivity contribution in [2.75, 3.05) is 7.11 Å². The molecule has 0 spiro atoms. The van der Waals surface area contributed by atoms with Crippen LogP contribution in [0, 0.1) is 17.1 Å². The number of halogens is 2. The van der Waals surface area contributed by atoms with Gasteiger partial charge < -0.3 is 10.1 Å². The number of rotatable bonds is 5. The Labute approximate surface area is 138 Å². The lowest BCUT2D eigenvalue weighted by atomic mass is 10.1. The lowest BCUT2D eigenvalue weighted by Crippen LogP contribution is -2.29. The molecule has 4 nitrogen and oxygen atoms in total. The molecule has 0 aromatic heterocycles. The van der Waals surface area contributed by atoms with Gasteiger partial charge in [0.1, 0.15) is 17.6 Å². The van der Waals surface area contributed by atoms with Crippen LogP contribution in [-0.2, 0) is 11.2 Å². The fourth-order valence-corrected chi connectivity index (χ4v) is 2.46. The fraction of sp³-hybridized carbons (Fsp3) is 0.176. The van der Waals surface area contributed by atoms with Crippen LogP contribution in [0.4, 0.5) is 4.39 Å². The molecule has 23 heavy (non-hydrogen) atoms. The van der Waals surface area contributed by atoms with Crippen LogP contribution in [0.2, 0.25) is 5.02 Å². The molecule has 1 atom stereocenters. The van der Waals surface area contributed by atoms with E-state index >= 15 is 0 Å². The quantitative estimate of drug-likeness (QED) is 0.912. The van der Waals surface area contributed by atoms with Gasteiger partial charge in [0.15, 0.2) is 0 Å². The number of amides is 1. The topological polar surface area (TPSA) is 62.1 Å². The van der Waals surface area contributed by atoms with Crippen molar-refractivity contribution in [2.45, 2.75) is 12.5 Å². The van der Waals surface area contributed by atoms with E-state index in [0.717, 1.165) is 0 Å². The van der Waals surface area contributed by atoms with Crippen LogP contribution in [-0.4, -0.2) is 13.0 Å². The van der Waals surface area contributed by atoms with Gasteiger partial charge in [0, 0.05) is 16.1 Å². The van der Waals surface area contributed by atoms with Crippen molar-refractivity contribution in [3.8, 4) is 11.8 Å². The normalized spacial score (nSPS) is 11.4. The maximum absolute atomic E-state index is 13.9. The first-order valence-corrected chi connectivity index (χ1v) is 7.19. The van der Waals surface area contributed by atoms with Crippen LogP contribution >= 0.6 is 11.6 Å². The number of para-hydroxylation sites is 1. The predicted molar refractivity (Wildman–Crippen MR) is 84.6 cm³/mol. The lowest BCUT2D eigenvalue weighted by molar-refractivity contribution is -0.120. The van der Waals surface area contributed by atoms with E-state index in [0.29, 0.717) is 11.3 Å². The molecular weight excluding hydrogens is 319 g/mol. The number of benzene rings is 2. The van der Waals surface area contributed by atoms with Gasteiger partial charge in [-0.05, 0) is 18.2 Å². The summed E-state index contributed by atoms with van der Waals surface area (Å²) in [6.45, 7) is 0. The van der Waals surface area contributed by atoms with Crippen LogP contribution in [0.1, 0.15) is 17.2 Å². The Morgan fingerprint density at radius 3 is 2.74 bits per heavy atom. The van der Waals surface area contributed by atoms with Gasteiger partial charge in [-0.3, -0.25) is 4.79 Å². The maximum Gasteiger partial charge on any atom is 0.225 e. The van der Waals surface area contributed by atoms with Crippen LogP contribution in [0.25, 0.3) is 0 Å². The second kappa shape index (κ2) is 7.61. The van der Waals surface area contributed by atoms with Gasteiger partial charge in [0.25, 0.3) is 0 Å². The Hall–Kier alpha value is -2.58. The van der Waals surface area contributed by atoms with Gasteiger partial charge in [0.05, 0.1) is 19.6 Å². The van der Waals surface area contributed by atoms with Crippen LogP contribution in [0.15, 0.2) is 42.5 Å². The number of hydrogen-bond acceptors (Lipinski definition) is 3. The molecule has 0 heterocycles. The minimum Gasteiger partial charge on any atom is -0.496 e. The van der Waals surface area contributed by atoms with E-state index in [-0.39, 0.29) is 17.0 Å². The van der Waals surface area contributed by atoms with Gasteiger partial charge >= 0.3 is 0 Å². The maximum atomic E-state index is 13.9. The first-order valence-electron chi connectivity index (χ1n) is 6.81. The van der Waals surface area contributed by atoms with E-state index in [1.54, 1.807) is 24.3 Å². The molecular formula is C17H14ClFN2O2. The number of methoxy groups -OCH3 is 1. The van der Waals surface area contributed by atoms with Crippen molar-refractivity contribution in [1.29, 1.82) is 5.26 Å². The first-order chi connectivity index (χ1) is 11.1. The summed E-state index contributed by atoms with van der Waals surface area (Å²) in [4.78, 5) is 12.2. The van der Waals surface area contributed by atoms with E-state index in [2.05, 4.69) is 5.32 Å². The minimum absolute atomic E-state index is 0.00820. The van der Waals surface area contributed by atoms with Crippen molar-refractivity contribution in [3.63, 3.8) is 0 Å². The van der Waals surface area contributed by atoms with Crippen LogP contribution < -0.4 is 10.1 Å². The Balaban J connectivity index is 2.17. The molecule has 0 unspecified atom stereocenters. The highest BCUT2D eigenvalue weighted by atomic mass is 35.5. The highest BCUT2D eigenvalue weighted by Gasteiger charge is 2.21. The van der Waals surface area contributed by atoms with Crippen molar-refractivity contribution < 1.29 is 13.9 Å². The third-order valence-electron chi connectivity index (χ3n) is 3.27. The molecule has 0 radical (unpaired) electrons. The monoisotopic (exact) mass is 332 g/mol. The Kier molecular flexibility index (Phi) is 5.56. The number of nitrogens with zero attached hydrogens (tertiary/aromatic N) is 1. The van der Waals surface area contributed by atoms with E-state index < -0.39 is 17.8 Å². The molecule has 2 rings (SSSR count). The molecule has 2 aromatic rings. The molecule has 0 aliphatic heterocycles. The predicted octanol–water partition coefficient (Wildman–Crippen LogP) is 3.41. The third kappa shape index (κ3) is 3.99. The van der Waals surface area contributed by atoms with E-state index in [1.807, 2.05) is 6.07 Å². The highest BCUT2D eigenvalue weighted by molar-refractivity contribution is 6.31. The van der Waals surface area contributed by atoms with Crippen molar-refractivity contribution >= 4 is 17.5 Å². The number of hydrogen-bond donors (Lipinski definition) is 1. The smallest absolute Gasteiger partial charge is 0.225 e. The summed E-state index contributed by atoms with van der Waals surface area (Å²) < 4.78 is 19.1. The van der Waals surface area contributed by atoms with Crippen molar-refractivity contribution in [3.05, 3.63) is 64.4 Å². The van der Waals surface area contributed by atoms with E-state index in [1.165, 1.54) is 25.3 Å². The molecule has 118 valence electrons. The van der Waals surface area contributed by atoms with Gasteiger partial charge in [-0.25, -0.2) is 4.39 Å². The zero-order valence-corrected chi connectivity index (χ0v) is 13.1. The molecule has 0 saturated carbocycles. The Morgan fingerprint density at radius 1 is 1.35 bits per heavy atom. The first kappa shape index (κ1) is 16.8. The zero-order valence-electron chi connectivity index (χ0n) is 12.3. The molecule has 6 heteroatoms. The number of nitrogens with one attached hydrogen (secondary N) is 1. The summed E-state index contributed by atoms with van der Waals surface area (Å²) >= 11 is 5.93. The highest BCUT2D eigenvalue weighted by Crippen LogP contribution is 2.26. The number of nitriles is 1. The zero-order chi connectivity index (χ0) is 16.8. The number of carbonyl (C=O) groups excluding carboxylic acids is 1. The number of carbonyl (C=O) groups is 1. The Morgan fingerprint density at radius 2 is 2.09 bits per heavy atom. The summed E-state index contributed by atoms with van der Waals surface area (Å²) in [6.07, 6.45) is 0.00820. The summed E-state index contributed by atoms with van der Waals surface area (Å²) in [5.74, 6) is -0.498. The largest absolute Gasteiger partial charge is 0.496 e. The lowest BCUT2D eigenvalue weighted by Gasteiger charge is -2.15. The molecule has 1 N–H and O–H groups in total. The molecule has 0 bridgehead atoms. The average molecular weight is 333 g/mol. The average Bonchev–Trinajstić information content (AvgIpc) is 2.54. The molecule has 1 amide bonds. The second-order valence-electron chi connectivity index (χ2n) is 4.75. The SMILES string of the molecule is COc1ccccc1CC(=O)N[C@H](C#N)c1c(F)cccc1Cl. The molecule has 0 aliphatic carbocycles. The van der Waals surface area contributed by atoms with Gasteiger partial charge in [-0.1, -0.05) is 35.9 Å². The minimum atomic E-state index is -1.16. The summed E-state index contributed by atoms with van der Waals surface area (Å²) in [5.41, 5.74) is 0.633. The Bertz CT molecular complexity index is 738. The van der Waals surface area contributed by atoms with Crippen LogP contribution in [0.5, 0.6) is 5.75 Å². The second-order valence-corrected chi connectivity index (χ2v) is 5.16. The molecule has 0 saturated heterocycles. The fourth-order valence-electron chi connectivity index (χ4n) is 2.19. The van der Waals surface area contributed by atoms with Crippen molar-refractivity contribution in [1.82, 2.24) is 5.32 Å². The standard InChI is InChI=1S/C17H14ClFN2O2/c1-23-15-8-3-2-5-11(15)9-16(22)21-14(10-20)17-12(18)6-4-7-13(17)19/h2-8,14H,9H2,1H3,(H,21,22)/t14-/m1/s1. The molecule has 0 fully saturated rings. The third-order valence-corrected chi connectivity index (χ3v) is 3.60. The van der Waals surface area contributed by atoms with E-state index in [4.69, 9.17) is 16.3 Å². The summed E-state index contributed by atoms with van der Waals surface area (Å²) in [5, 5.41) is 11.8. The number of ether oxygens (including phenoxy) is 1. The molecule has 2 aromatic carbocycles. The van der Waals surface area contributed by atoms with Gasteiger partial charge in [0.2, 0.25) is 5.91 Å². The summed E-state index contributed by atoms with van der Waals surface area (Å²) in [6, 6.07) is 11.8. The van der Waals surface area contributed by atoms with Gasteiger partial charge in [-0.2, -0.15) is 5.26 Å².